The first-order valence-corrected chi connectivity index (χ1v) is 12.7. The van der Waals surface area contributed by atoms with Crippen molar-refractivity contribution in [2.45, 2.75) is 31.1 Å². The number of aryl methyl sites for hydroxylation is 2. The van der Waals surface area contributed by atoms with Gasteiger partial charge in [0, 0.05) is 57.1 Å². The number of pyridine rings is 1. The molecule has 1 saturated heterocycles. The summed E-state index contributed by atoms with van der Waals surface area (Å²) < 4.78 is 27.8. The number of rotatable bonds is 8. The number of anilines is 1. The maximum atomic E-state index is 13.1. The highest BCUT2D eigenvalue weighted by atomic mass is 32.2. The minimum atomic E-state index is -3.55. The summed E-state index contributed by atoms with van der Waals surface area (Å²) in [5.74, 6) is 0.127. The van der Waals surface area contributed by atoms with Crippen molar-refractivity contribution in [1.82, 2.24) is 9.29 Å². The Morgan fingerprint density at radius 1 is 0.909 bits per heavy atom. The number of aromatic nitrogens is 1. The lowest BCUT2D eigenvalue weighted by Crippen LogP contribution is -2.48. The van der Waals surface area contributed by atoms with Crippen LogP contribution in [0.5, 0.6) is 0 Å². The smallest absolute Gasteiger partial charge is 0.243 e. The van der Waals surface area contributed by atoms with E-state index >= 15 is 0 Å². The van der Waals surface area contributed by atoms with E-state index in [4.69, 9.17) is 0 Å². The number of Topliss-reactive ketones (excluding diaryl/α,β-unsaturated/α-hetero) is 1. The summed E-state index contributed by atoms with van der Waals surface area (Å²) in [6.07, 6.45) is 4.89. The summed E-state index contributed by atoms with van der Waals surface area (Å²) in [6.45, 7) is 4.29. The second kappa shape index (κ2) is 10.3. The second-order valence-corrected chi connectivity index (χ2v) is 10.3. The first kappa shape index (κ1) is 23.1. The van der Waals surface area contributed by atoms with Crippen molar-refractivity contribution in [2.75, 3.05) is 31.1 Å². The number of hydrogen-bond donors (Lipinski definition) is 0. The van der Waals surface area contributed by atoms with E-state index in [9.17, 15) is 13.2 Å². The van der Waals surface area contributed by atoms with E-state index in [1.165, 1.54) is 5.56 Å². The topological polar surface area (TPSA) is 70.6 Å². The van der Waals surface area contributed by atoms with E-state index < -0.39 is 10.0 Å². The zero-order chi connectivity index (χ0) is 23.3. The molecule has 6 nitrogen and oxygen atoms in total. The Balaban J connectivity index is 1.33. The van der Waals surface area contributed by atoms with Crippen LogP contribution in [0.3, 0.4) is 0 Å². The van der Waals surface area contributed by atoms with Gasteiger partial charge in [-0.2, -0.15) is 4.31 Å². The van der Waals surface area contributed by atoms with Gasteiger partial charge in [-0.1, -0.05) is 36.4 Å². The van der Waals surface area contributed by atoms with Gasteiger partial charge < -0.3 is 4.90 Å². The zero-order valence-corrected chi connectivity index (χ0v) is 19.7. The predicted octanol–water partition coefficient (Wildman–Crippen LogP) is 3.65. The van der Waals surface area contributed by atoms with E-state index in [0.29, 0.717) is 45.4 Å². The van der Waals surface area contributed by atoms with Gasteiger partial charge in [0.2, 0.25) is 10.0 Å². The summed E-state index contributed by atoms with van der Waals surface area (Å²) in [4.78, 5) is 18.9. The first-order valence-electron chi connectivity index (χ1n) is 11.2. The van der Waals surface area contributed by atoms with E-state index in [0.717, 1.165) is 16.8 Å². The molecule has 4 rings (SSSR count). The fourth-order valence-electron chi connectivity index (χ4n) is 4.16. The van der Waals surface area contributed by atoms with E-state index in [-0.39, 0.29) is 10.7 Å². The van der Waals surface area contributed by atoms with Crippen molar-refractivity contribution in [2.24, 2.45) is 0 Å². The van der Waals surface area contributed by atoms with Gasteiger partial charge in [0.25, 0.3) is 0 Å². The highest BCUT2D eigenvalue weighted by Gasteiger charge is 2.28. The number of piperazine rings is 1. The lowest BCUT2D eigenvalue weighted by atomic mass is 10.0. The average molecular weight is 464 g/mol. The molecule has 2 heterocycles. The summed E-state index contributed by atoms with van der Waals surface area (Å²) in [6, 6.07) is 18.7. The van der Waals surface area contributed by atoms with Crippen LogP contribution in [-0.4, -0.2) is 49.7 Å². The maximum Gasteiger partial charge on any atom is 0.243 e. The van der Waals surface area contributed by atoms with Crippen LogP contribution in [0.2, 0.25) is 0 Å². The minimum Gasteiger partial charge on any atom is -0.369 e. The summed E-state index contributed by atoms with van der Waals surface area (Å²) in [5, 5.41) is 0. The molecule has 0 aliphatic carbocycles. The summed E-state index contributed by atoms with van der Waals surface area (Å²) >= 11 is 0. The number of sulfonamides is 1. The molecule has 0 saturated carbocycles. The average Bonchev–Trinajstić information content (AvgIpc) is 2.84. The van der Waals surface area contributed by atoms with E-state index in [1.54, 1.807) is 41.0 Å². The molecule has 0 N–H and O–H groups in total. The van der Waals surface area contributed by atoms with Gasteiger partial charge in [0.1, 0.15) is 5.78 Å². The van der Waals surface area contributed by atoms with Crippen molar-refractivity contribution in [3.8, 4) is 0 Å². The number of carbonyl (C=O) groups is 1. The molecule has 1 fully saturated rings. The van der Waals surface area contributed by atoms with Crippen LogP contribution in [-0.2, 0) is 27.7 Å². The quantitative estimate of drug-likeness (QED) is 0.510. The molecule has 3 aromatic rings. The summed E-state index contributed by atoms with van der Waals surface area (Å²) in [5.41, 5.74) is 4.22. The minimum absolute atomic E-state index is 0.127. The molecule has 1 aliphatic heterocycles. The number of hydrogen-bond acceptors (Lipinski definition) is 5. The van der Waals surface area contributed by atoms with Crippen molar-refractivity contribution in [3.63, 3.8) is 0 Å². The largest absolute Gasteiger partial charge is 0.369 e. The molecule has 7 heteroatoms. The molecular weight excluding hydrogens is 434 g/mol. The molecule has 0 radical (unpaired) electrons. The number of carbonyl (C=O) groups excluding carboxylic acids is 1. The Labute approximate surface area is 195 Å². The molecule has 0 unspecified atom stereocenters. The van der Waals surface area contributed by atoms with Gasteiger partial charge >= 0.3 is 0 Å². The van der Waals surface area contributed by atoms with Crippen molar-refractivity contribution in [1.29, 1.82) is 0 Å². The van der Waals surface area contributed by atoms with Crippen LogP contribution in [0.1, 0.15) is 23.1 Å². The monoisotopic (exact) mass is 463 g/mol. The van der Waals surface area contributed by atoms with Crippen molar-refractivity contribution in [3.05, 3.63) is 89.7 Å². The molecule has 0 amide bonds. The highest BCUT2D eigenvalue weighted by Crippen LogP contribution is 2.24. The molecule has 33 heavy (non-hydrogen) atoms. The molecule has 0 spiro atoms. The van der Waals surface area contributed by atoms with Crippen LogP contribution in [0.4, 0.5) is 5.69 Å². The van der Waals surface area contributed by atoms with Gasteiger partial charge in [0.15, 0.2) is 0 Å². The number of benzene rings is 2. The molecule has 2 aromatic carbocycles. The van der Waals surface area contributed by atoms with E-state index in [1.807, 2.05) is 24.3 Å². The van der Waals surface area contributed by atoms with Gasteiger partial charge in [-0.15, -0.1) is 0 Å². The Hall–Kier alpha value is -3.03. The first-order chi connectivity index (χ1) is 15.9. The van der Waals surface area contributed by atoms with Gasteiger partial charge in [-0.25, -0.2) is 8.42 Å². The number of para-hydroxylation sites is 1. The third-order valence-electron chi connectivity index (χ3n) is 6.07. The highest BCUT2D eigenvalue weighted by molar-refractivity contribution is 7.89. The predicted molar refractivity (Wildman–Crippen MR) is 130 cm³/mol. The Morgan fingerprint density at radius 2 is 1.64 bits per heavy atom. The lowest BCUT2D eigenvalue weighted by Gasteiger charge is -2.36. The van der Waals surface area contributed by atoms with Gasteiger partial charge in [-0.3, -0.25) is 9.78 Å². The lowest BCUT2D eigenvalue weighted by molar-refractivity contribution is -0.118. The second-order valence-electron chi connectivity index (χ2n) is 8.40. The SMILES string of the molecule is Cc1ccccc1N1CCN(S(=O)(=O)c2ccc(CC(=O)CCc3cccnc3)cc2)CC1. The van der Waals surface area contributed by atoms with Crippen molar-refractivity contribution < 1.29 is 13.2 Å². The van der Waals surface area contributed by atoms with Gasteiger partial charge in [0.05, 0.1) is 4.90 Å². The molecule has 0 bridgehead atoms. The molecule has 1 aliphatic rings. The van der Waals surface area contributed by atoms with Crippen molar-refractivity contribution >= 4 is 21.5 Å². The summed E-state index contributed by atoms with van der Waals surface area (Å²) in [7, 11) is -3.55. The normalized spacial score (nSPS) is 14.9. The number of nitrogens with zero attached hydrogens (tertiary/aromatic N) is 3. The van der Waals surface area contributed by atoms with Gasteiger partial charge in [-0.05, 0) is 54.3 Å². The van der Waals surface area contributed by atoms with Crippen LogP contribution in [0.15, 0.2) is 78.0 Å². The van der Waals surface area contributed by atoms with E-state index in [2.05, 4.69) is 28.9 Å². The standard InChI is InChI=1S/C26H29N3O3S/c1-21-5-2-3-7-26(21)28-15-17-29(18-16-28)33(31,32)25-12-9-22(10-13-25)19-24(30)11-8-23-6-4-14-27-20-23/h2-7,9-10,12-14,20H,8,11,15-19H2,1H3. The third kappa shape index (κ3) is 5.67. The fraction of sp³-hybridized carbons (Fsp3) is 0.308. The Morgan fingerprint density at radius 3 is 2.30 bits per heavy atom. The maximum absolute atomic E-state index is 13.1. The number of ketones is 1. The molecule has 0 atom stereocenters. The third-order valence-corrected chi connectivity index (χ3v) is 7.99. The Kier molecular flexibility index (Phi) is 7.20. The van der Waals surface area contributed by atoms with Crippen LogP contribution in [0, 0.1) is 6.92 Å². The molecular formula is C26H29N3O3S. The molecule has 1 aromatic heterocycles. The van der Waals surface area contributed by atoms with Crippen LogP contribution in [0.25, 0.3) is 0 Å². The zero-order valence-electron chi connectivity index (χ0n) is 18.9. The fourth-order valence-corrected chi connectivity index (χ4v) is 5.58. The van der Waals surface area contributed by atoms with Crippen LogP contribution >= 0.6 is 0 Å². The Bertz CT molecular complexity index is 1190. The molecule has 172 valence electrons. The van der Waals surface area contributed by atoms with Crippen LogP contribution < -0.4 is 4.90 Å².